The molecule has 0 aliphatic carbocycles. The van der Waals surface area contributed by atoms with Crippen molar-refractivity contribution in [2.75, 3.05) is 6.54 Å². The SMILES string of the molecule is CCCCCNC(=O)C(C)Oc1cc(CN)ccc1C. The summed E-state index contributed by atoms with van der Waals surface area (Å²) < 4.78 is 5.74. The smallest absolute Gasteiger partial charge is 0.260 e. The van der Waals surface area contributed by atoms with Crippen LogP contribution >= 0.6 is 0 Å². The van der Waals surface area contributed by atoms with Crippen molar-refractivity contribution >= 4 is 5.91 Å². The second-order valence-electron chi connectivity index (χ2n) is 5.06. The molecular formula is C16H26N2O2. The molecule has 1 aromatic rings. The lowest BCUT2D eigenvalue weighted by molar-refractivity contribution is -0.127. The van der Waals surface area contributed by atoms with Crippen LogP contribution in [0.3, 0.4) is 0 Å². The molecule has 0 heterocycles. The summed E-state index contributed by atoms with van der Waals surface area (Å²) in [6.45, 7) is 7.04. The van der Waals surface area contributed by atoms with Crippen LogP contribution in [0.15, 0.2) is 18.2 Å². The normalized spacial score (nSPS) is 12.0. The van der Waals surface area contributed by atoms with E-state index in [0.717, 1.165) is 36.1 Å². The molecule has 0 aromatic heterocycles. The van der Waals surface area contributed by atoms with Gasteiger partial charge in [-0.15, -0.1) is 0 Å². The Kier molecular flexibility index (Phi) is 7.09. The van der Waals surface area contributed by atoms with Gasteiger partial charge in [-0.25, -0.2) is 0 Å². The molecule has 20 heavy (non-hydrogen) atoms. The van der Waals surface area contributed by atoms with E-state index in [2.05, 4.69) is 12.2 Å². The molecule has 3 N–H and O–H groups in total. The van der Waals surface area contributed by atoms with Crippen molar-refractivity contribution in [1.29, 1.82) is 0 Å². The van der Waals surface area contributed by atoms with Gasteiger partial charge in [-0.05, 0) is 37.5 Å². The quantitative estimate of drug-likeness (QED) is 0.718. The van der Waals surface area contributed by atoms with E-state index in [9.17, 15) is 4.79 Å². The molecule has 1 aromatic carbocycles. The van der Waals surface area contributed by atoms with Gasteiger partial charge in [0.1, 0.15) is 5.75 Å². The maximum absolute atomic E-state index is 11.9. The fraction of sp³-hybridized carbons (Fsp3) is 0.562. The van der Waals surface area contributed by atoms with Gasteiger partial charge < -0.3 is 15.8 Å². The van der Waals surface area contributed by atoms with E-state index < -0.39 is 6.10 Å². The Labute approximate surface area is 121 Å². The maximum atomic E-state index is 11.9. The van der Waals surface area contributed by atoms with Crippen LogP contribution in [-0.4, -0.2) is 18.6 Å². The standard InChI is InChI=1S/C16H26N2O2/c1-4-5-6-9-18-16(19)13(3)20-15-10-14(11-17)8-7-12(15)2/h7-8,10,13H,4-6,9,11,17H2,1-3H3,(H,18,19). The molecule has 1 unspecified atom stereocenters. The number of aryl methyl sites for hydroxylation is 1. The van der Waals surface area contributed by atoms with Crippen molar-refractivity contribution < 1.29 is 9.53 Å². The average Bonchev–Trinajstić information content (AvgIpc) is 2.45. The first-order valence-corrected chi connectivity index (χ1v) is 7.32. The number of carbonyl (C=O) groups excluding carboxylic acids is 1. The molecule has 1 rings (SSSR count). The summed E-state index contributed by atoms with van der Waals surface area (Å²) in [6, 6.07) is 5.83. The minimum atomic E-state index is -0.497. The van der Waals surface area contributed by atoms with Crippen molar-refractivity contribution in [2.45, 2.75) is 52.7 Å². The number of unbranched alkanes of at least 4 members (excludes halogenated alkanes) is 2. The zero-order valence-corrected chi connectivity index (χ0v) is 12.7. The summed E-state index contributed by atoms with van der Waals surface area (Å²) in [4.78, 5) is 11.9. The highest BCUT2D eigenvalue weighted by Crippen LogP contribution is 2.20. The lowest BCUT2D eigenvalue weighted by atomic mass is 10.1. The molecule has 0 saturated heterocycles. The van der Waals surface area contributed by atoms with E-state index in [1.165, 1.54) is 0 Å². The molecule has 0 aliphatic rings. The fourth-order valence-electron chi connectivity index (χ4n) is 1.87. The number of carbonyl (C=O) groups is 1. The number of amides is 1. The van der Waals surface area contributed by atoms with E-state index in [1.807, 2.05) is 25.1 Å². The summed E-state index contributed by atoms with van der Waals surface area (Å²) in [5.74, 6) is 0.655. The number of ether oxygens (including phenoxy) is 1. The summed E-state index contributed by atoms with van der Waals surface area (Å²) in [6.07, 6.45) is 2.79. The van der Waals surface area contributed by atoms with Gasteiger partial charge in [-0.3, -0.25) is 4.79 Å². The fourth-order valence-corrected chi connectivity index (χ4v) is 1.87. The number of rotatable bonds is 8. The second kappa shape index (κ2) is 8.59. The summed E-state index contributed by atoms with van der Waals surface area (Å²) in [7, 11) is 0. The molecule has 0 aliphatic heterocycles. The highest BCUT2D eigenvalue weighted by molar-refractivity contribution is 5.80. The lowest BCUT2D eigenvalue weighted by Gasteiger charge is -2.17. The van der Waals surface area contributed by atoms with Crippen molar-refractivity contribution in [2.24, 2.45) is 5.73 Å². The predicted molar refractivity (Wildman–Crippen MR) is 81.7 cm³/mol. The van der Waals surface area contributed by atoms with Crippen LogP contribution in [-0.2, 0) is 11.3 Å². The molecule has 0 fully saturated rings. The highest BCUT2D eigenvalue weighted by atomic mass is 16.5. The van der Waals surface area contributed by atoms with Crippen molar-refractivity contribution in [1.82, 2.24) is 5.32 Å². The minimum Gasteiger partial charge on any atom is -0.481 e. The third-order valence-electron chi connectivity index (χ3n) is 3.24. The first-order valence-electron chi connectivity index (χ1n) is 7.32. The Balaban J connectivity index is 2.52. The second-order valence-corrected chi connectivity index (χ2v) is 5.06. The van der Waals surface area contributed by atoms with E-state index in [1.54, 1.807) is 6.92 Å². The summed E-state index contributed by atoms with van der Waals surface area (Å²) in [5.41, 5.74) is 7.63. The Hall–Kier alpha value is -1.55. The Bertz CT molecular complexity index is 432. The molecular weight excluding hydrogens is 252 g/mol. The first kappa shape index (κ1) is 16.5. The van der Waals surface area contributed by atoms with Crippen LogP contribution in [0.25, 0.3) is 0 Å². The largest absolute Gasteiger partial charge is 0.481 e. The number of hydrogen-bond donors (Lipinski definition) is 2. The third kappa shape index (κ3) is 5.21. The number of benzene rings is 1. The van der Waals surface area contributed by atoms with E-state index in [-0.39, 0.29) is 5.91 Å². The van der Waals surface area contributed by atoms with Gasteiger partial charge in [0.15, 0.2) is 6.10 Å². The maximum Gasteiger partial charge on any atom is 0.260 e. The van der Waals surface area contributed by atoms with Crippen LogP contribution in [0.2, 0.25) is 0 Å². The van der Waals surface area contributed by atoms with Crippen LogP contribution in [0, 0.1) is 6.92 Å². The zero-order valence-electron chi connectivity index (χ0n) is 12.7. The summed E-state index contributed by atoms with van der Waals surface area (Å²) >= 11 is 0. The van der Waals surface area contributed by atoms with Crippen molar-refractivity contribution in [3.8, 4) is 5.75 Å². The molecule has 0 bridgehead atoms. The molecule has 0 spiro atoms. The van der Waals surface area contributed by atoms with Crippen LogP contribution in [0.1, 0.15) is 44.2 Å². The van der Waals surface area contributed by atoms with Gasteiger partial charge in [0.25, 0.3) is 5.91 Å². The topological polar surface area (TPSA) is 64.3 Å². The monoisotopic (exact) mass is 278 g/mol. The van der Waals surface area contributed by atoms with Crippen molar-refractivity contribution in [3.63, 3.8) is 0 Å². The highest BCUT2D eigenvalue weighted by Gasteiger charge is 2.15. The third-order valence-corrected chi connectivity index (χ3v) is 3.24. The van der Waals surface area contributed by atoms with E-state index in [4.69, 9.17) is 10.5 Å². The molecule has 112 valence electrons. The van der Waals surface area contributed by atoms with Gasteiger partial charge in [-0.2, -0.15) is 0 Å². The first-order chi connectivity index (χ1) is 9.58. The van der Waals surface area contributed by atoms with Gasteiger partial charge in [-0.1, -0.05) is 31.9 Å². The van der Waals surface area contributed by atoms with E-state index >= 15 is 0 Å². The lowest BCUT2D eigenvalue weighted by Crippen LogP contribution is -2.36. The van der Waals surface area contributed by atoms with Gasteiger partial charge in [0.2, 0.25) is 0 Å². The molecule has 4 heteroatoms. The van der Waals surface area contributed by atoms with Crippen LogP contribution in [0.5, 0.6) is 5.75 Å². The summed E-state index contributed by atoms with van der Waals surface area (Å²) in [5, 5.41) is 2.90. The number of nitrogens with two attached hydrogens (primary N) is 1. The Morgan fingerprint density at radius 1 is 1.40 bits per heavy atom. The minimum absolute atomic E-state index is 0.0707. The molecule has 1 amide bonds. The molecule has 4 nitrogen and oxygen atoms in total. The van der Waals surface area contributed by atoms with Gasteiger partial charge in [0.05, 0.1) is 0 Å². The van der Waals surface area contributed by atoms with Gasteiger partial charge in [0, 0.05) is 13.1 Å². The molecule has 1 atom stereocenters. The molecule has 0 radical (unpaired) electrons. The van der Waals surface area contributed by atoms with Crippen LogP contribution in [0.4, 0.5) is 0 Å². The van der Waals surface area contributed by atoms with Crippen molar-refractivity contribution in [3.05, 3.63) is 29.3 Å². The average molecular weight is 278 g/mol. The molecule has 0 saturated carbocycles. The Morgan fingerprint density at radius 3 is 2.80 bits per heavy atom. The zero-order chi connectivity index (χ0) is 15.0. The number of hydrogen-bond acceptors (Lipinski definition) is 3. The number of nitrogens with one attached hydrogen (secondary N) is 1. The van der Waals surface area contributed by atoms with Gasteiger partial charge >= 0.3 is 0 Å². The predicted octanol–water partition coefficient (Wildman–Crippen LogP) is 2.53. The van der Waals surface area contributed by atoms with E-state index in [0.29, 0.717) is 13.1 Å². The Morgan fingerprint density at radius 2 is 2.15 bits per heavy atom. The van der Waals surface area contributed by atoms with Crippen LogP contribution < -0.4 is 15.8 Å².